The van der Waals surface area contributed by atoms with Gasteiger partial charge in [0.15, 0.2) is 11.6 Å². The van der Waals surface area contributed by atoms with E-state index >= 15 is 0 Å². The van der Waals surface area contributed by atoms with E-state index < -0.39 is 5.92 Å². The number of ketones is 2. The Morgan fingerprint density at radius 3 is 2.58 bits per heavy atom. The van der Waals surface area contributed by atoms with Crippen LogP contribution in [0.25, 0.3) is 0 Å². The Bertz CT molecular complexity index is 934. The minimum Gasteiger partial charge on any atom is -0.469 e. The van der Waals surface area contributed by atoms with E-state index in [4.69, 9.17) is 9.41 Å². The Kier molecular flexibility index (Phi) is 2.77. The van der Waals surface area contributed by atoms with Crippen molar-refractivity contribution in [2.45, 2.75) is 25.2 Å². The number of Topliss-reactive ketones (excluding diaryl/α,β-unsaturated/α-hetero) is 2. The third-order valence-electron chi connectivity index (χ3n) is 5.22. The van der Waals surface area contributed by atoms with Crippen LogP contribution >= 0.6 is 0 Å². The Morgan fingerprint density at radius 1 is 0.958 bits per heavy atom. The molecule has 2 heterocycles. The molecule has 0 spiro atoms. The highest BCUT2D eigenvalue weighted by atomic mass is 16.3. The number of carbonyl (C=O) groups excluding carboxylic acids is 2. The summed E-state index contributed by atoms with van der Waals surface area (Å²) in [5.41, 5.74) is 3.92. The molecule has 1 aromatic heterocycles. The number of benzene rings is 1. The molecular formula is C20H15NO3. The maximum absolute atomic E-state index is 13.1. The number of rotatable bonds is 1. The van der Waals surface area contributed by atoms with Crippen molar-refractivity contribution in [2.75, 3.05) is 0 Å². The molecule has 4 nitrogen and oxygen atoms in total. The third kappa shape index (κ3) is 1.71. The molecule has 2 aliphatic carbocycles. The maximum Gasteiger partial charge on any atom is 0.173 e. The molecule has 0 amide bonds. The van der Waals surface area contributed by atoms with Crippen molar-refractivity contribution in [2.24, 2.45) is 10.9 Å². The van der Waals surface area contributed by atoms with Gasteiger partial charge in [-0.1, -0.05) is 24.3 Å². The second kappa shape index (κ2) is 4.87. The highest BCUT2D eigenvalue weighted by Gasteiger charge is 2.49. The largest absolute Gasteiger partial charge is 0.469 e. The first-order valence-electron chi connectivity index (χ1n) is 8.27. The summed E-state index contributed by atoms with van der Waals surface area (Å²) >= 11 is 0. The number of aliphatic imine (C=N–C) groups is 1. The molecule has 0 saturated heterocycles. The highest BCUT2D eigenvalue weighted by Crippen LogP contribution is 2.48. The first-order chi connectivity index (χ1) is 11.8. The lowest BCUT2D eigenvalue weighted by molar-refractivity contribution is -0.116. The molecule has 4 heteroatoms. The molecule has 2 aromatic rings. The van der Waals surface area contributed by atoms with Crippen LogP contribution in [-0.4, -0.2) is 17.3 Å². The van der Waals surface area contributed by atoms with Crippen LogP contribution in [0.15, 0.2) is 63.3 Å². The zero-order chi connectivity index (χ0) is 16.3. The Labute approximate surface area is 138 Å². The average molecular weight is 317 g/mol. The summed E-state index contributed by atoms with van der Waals surface area (Å²) in [6, 6.07) is 11.3. The van der Waals surface area contributed by atoms with Gasteiger partial charge in [-0.05, 0) is 25.0 Å². The van der Waals surface area contributed by atoms with E-state index in [-0.39, 0.29) is 17.5 Å². The first kappa shape index (κ1) is 13.7. The van der Waals surface area contributed by atoms with Crippen LogP contribution in [0, 0.1) is 5.92 Å². The van der Waals surface area contributed by atoms with E-state index in [1.54, 1.807) is 12.3 Å². The number of carbonyl (C=O) groups is 2. The zero-order valence-corrected chi connectivity index (χ0v) is 13.0. The molecule has 1 unspecified atom stereocenters. The molecule has 0 N–H and O–H groups in total. The van der Waals surface area contributed by atoms with Gasteiger partial charge in [-0.25, -0.2) is 0 Å². The molecule has 3 aliphatic rings. The smallest absolute Gasteiger partial charge is 0.173 e. The van der Waals surface area contributed by atoms with E-state index in [1.165, 1.54) is 0 Å². The molecule has 0 bridgehead atoms. The summed E-state index contributed by atoms with van der Waals surface area (Å²) < 4.78 is 5.63. The van der Waals surface area contributed by atoms with Crippen LogP contribution in [0.4, 0.5) is 0 Å². The predicted molar refractivity (Wildman–Crippen MR) is 88.1 cm³/mol. The Balaban J connectivity index is 1.78. The summed E-state index contributed by atoms with van der Waals surface area (Å²) in [6.45, 7) is 0. The molecule has 5 rings (SSSR count). The molecular weight excluding hydrogens is 302 g/mol. The van der Waals surface area contributed by atoms with E-state index in [0.29, 0.717) is 23.3 Å². The van der Waals surface area contributed by atoms with Gasteiger partial charge in [0, 0.05) is 28.8 Å². The molecule has 118 valence electrons. The van der Waals surface area contributed by atoms with Gasteiger partial charge in [0.2, 0.25) is 0 Å². The molecule has 0 saturated carbocycles. The van der Waals surface area contributed by atoms with E-state index in [9.17, 15) is 9.59 Å². The monoisotopic (exact) mass is 317 g/mol. The molecule has 1 aliphatic heterocycles. The van der Waals surface area contributed by atoms with Crippen LogP contribution in [-0.2, 0) is 4.79 Å². The van der Waals surface area contributed by atoms with E-state index in [2.05, 4.69) is 0 Å². The first-order valence-corrected chi connectivity index (χ1v) is 8.27. The number of fused-ring (bicyclic) bond motifs is 3. The quantitative estimate of drug-likeness (QED) is 0.806. The topological polar surface area (TPSA) is 59.6 Å². The second-order valence-corrected chi connectivity index (χ2v) is 6.51. The third-order valence-corrected chi connectivity index (χ3v) is 5.22. The SMILES string of the molecule is O=C1CCCC2=C1[C@H](c1ccco1)C1C(=O)c3ccccc3C1=N2. The van der Waals surface area contributed by atoms with Crippen molar-refractivity contribution in [3.8, 4) is 0 Å². The van der Waals surface area contributed by atoms with Crippen molar-refractivity contribution in [3.63, 3.8) is 0 Å². The molecule has 1 aromatic carbocycles. The van der Waals surface area contributed by atoms with Crippen LogP contribution in [0.2, 0.25) is 0 Å². The lowest BCUT2D eigenvalue weighted by Crippen LogP contribution is -2.33. The van der Waals surface area contributed by atoms with Gasteiger partial charge in [0.25, 0.3) is 0 Å². The fourth-order valence-electron chi connectivity index (χ4n) is 4.22. The van der Waals surface area contributed by atoms with Crippen LogP contribution in [0.1, 0.15) is 46.9 Å². The number of nitrogens with zero attached hydrogens (tertiary/aromatic N) is 1. The van der Waals surface area contributed by atoms with Gasteiger partial charge in [0.05, 0.1) is 23.8 Å². The minimum absolute atomic E-state index is 0.0377. The normalized spacial score (nSPS) is 25.2. The molecule has 2 atom stereocenters. The van der Waals surface area contributed by atoms with Gasteiger partial charge >= 0.3 is 0 Å². The number of hydrogen-bond acceptors (Lipinski definition) is 4. The Hall–Kier alpha value is -2.75. The lowest BCUT2D eigenvalue weighted by Gasteiger charge is -2.31. The molecule has 0 radical (unpaired) electrons. The highest BCUT2D eigenvalue weighted by molar-refractivity contribution is 6.30. The van der Waals surface area contributed by atoms with Crippen LogP contribution in [0.3, 0.4) is 0 Å². The number of hydrogen-bond donors (Lipinski definition) is 0. The number of furan rings is 1. The number of allylic oxidation sites excluding steroid dienone is 2. The standard InChI is InChI=1S/C20H15NO3/c22-14-8-3-7-13-16(14)17(15-9-4-10-24-15)18-19(21-13)11-5-1-2-6-12(11)20(18)23/h1-2,4-6,9-10,17-18H,3,7-8H2/t17-,18?/m0/s1. The van der Waals surface area contributed by atoms with Gasteiger partial charge < -0.3 is 4.42 Å². The summed E-state index contributed by atoms with van der Waals surface area (Å²) in [5.74, 6) is 0.0146. The fourth-order valence-corrected chi connectivity index (χ4v) is 4.22. The molecule has 0 fully saturated rings. The zero-order valence-electron chi connectivity index (χ0n) is 13.0. The average Bonchev–Trinajstić information content (AvgIpc) is 3.22. The fraction of sp³-hybridized carbons (Fsp3) is 0.250. The van der Waals surface area contributed by atoms with Gasteiger partial charge in [-0.3, -0.25) is 14.6 Å². The van der Waals surface area contributed by atoms with Gasteiger partial charge in [0.1, 0.15) is 5.76 Å². The Morgan fingerprint density at radius 2 is 1.79 bits per heavy atom. The summed E-state index contributed by atoms with van der Waals surface area (Å²) in [5, 5.41) is 0. The summed E-state index contributed by atoms with van der Waals surface area (Å²) in [4.78, 5) is 30.5. The second-order valence-electron chi connectivity index (χ2n) is 6.51. The van der Waals surface area contributed by atoms with Crippen LogP contribution < -0.4 is 0 Å². The summed E-state index contributed by atoms with van der Waals surface area (Å²) in [7, 11) is 0. The lowest BCUT2D eigenvalue weighted by atomic mass is 9.73. The van der Waals surface area contributed by atoms with Gasteiger partial charge in [-0.2, -0.15) is 0 Å². The van der Waals surface area contributed by atoms with Crippen molar-refractivity contribution < 1.29 is 14.0 Å². The van der Waals surface area contributed by atoms with E-state index in [0.717, 1.165) is 29.8 Å². The molecule has 24 heavy (non-hydrogen) atoms. The predicted octanol–water partition coefficient (Wildman–Crippen LogP) is 3.69. The van der Waals surface area contributed by atoms with Crippen molar-refractivity contribution >= 4 is 17.3 Å². The van der Waals surface area contributed by atoms with Crippen LogP contribution in [0.5, 0.6) is 0 Å². The van der Waals surface area contributed by atoms with Crippen molar-refractivity contribution in [1.29, 1.82) is 0 Å². The van der Waals surface area contributed by atoms with Crippen molar-refractivity contribution in [1.82, 2.24) is 0 Å². The van der Waals surface area contributed by atoms with Gasteiger partial charge in [-0.15, -0.1) is 0 Å². The van der Waals surface area contributed by atoms with Crippen molar-refractivity contribution in [3.05, 3.63) is 70.8 Å². The maximum atomic E-state index is 13.1. The van der Waals surface area contributed by atoms with E-state index in [1.807, 2.05) is 30.3 Å². The summed E-state index contributed by atoms with van der Waals surface area (Å²) in [6.07, 6.45) is 3.72. The minimum atomic E-state index is -0.450.